The van der Waals surface area contributed by atoms with Crippen molar-refractivity contribution in [1.82, 2.24) is 10.2 Å². The van der Waals surface area contributed by atoms with Crippen LogP contribution in [0.1, 0.15) is 22.8 Å². The Kier molecular flexibility index (Phi) is 4.77. The van der Waals surface area contributed by atoms with Crippen molar-refractivity contribution in [3.63, 3.8) is 0 Å². The number of rotatable bonds is 5. The maximum absolute atomic E-state index is 12.3. The first-order valence-corrected chi connectivity index (χ1v) is 7.95. The molecule has 0 aliphatic carbocycles. The fraction of sp³-hybridized carbons (Fsp3) is 0.357. The lowest BCUT2D eigenvalue weighted by atomic mass is 10.1. The molecule has 0 bridgehead atoms. The first-order valence-electron chi connectivity index (χ1n) is 6.25. The molecule has 1 unspecified atom stereocenters. The summed E-state index contributed by atoms with van der Waals surface area (Å²) >= 11 is 2.96. The van der Waals surface area contributed by atoms with Gasteiger partial charge in [0.05, 0.1) is 5.25 Å². The maximum atomic E-state index is 12.3. The van der Waals surface area contributed by atoms with E-state index in [1.54, 1.807) is 0 Å². The molecule has 0 fully saturated rings. The van der Waals surface area contributed by atoms with E-state index in [0.717, 1.165) is 20.6 Å². The molecule has 2 aromatic rings. The van der Waals surface area contributed by atoms with Crippen LogP contribution in [0.15, 0.2) is 28.6 Å². The molecule has 1 aromatic heterocycles. The summed E-state index contributed by atoms with van der Waals surface area (Å²) in [6.45, 7) is 3.92. The van der Waals surface area contributed by atoms with Crippen LogP contribution in [0.2, 0.25) is 0 Å². The molecule has 0 spiro atoms. The lowest BCUT2D eigenvalue weighted by Gasteiger charge is -2.08. The zero-order chi connectivity index (χ0) is 14.7. The molecule has 0 saturated heterocycles. The largest absolute Gasteiger partial charge is 0.353 e. The van der Waals surface area contributed by atoms with Crippen LogP contribution >= 0.6 is 23.1 Å². The lowest BCUT2D eigenvalue weighted by molar-refractivity contribution is 0.0994. The molecular formula is C14H17N3OS2. The van der Waals surface area contributed by atoms with E-state index in [1.165, 1.54) is 23.1 Å². The van der Waals surface area contributed by atoms with Crippen molar-refractivity contribution in [3.8, 4) is 0 Å². The predicted molar refractivity (Wildman–Crippen MR) is 85.1 cm³/mol. The molecule has 20 heavy (non-hydrogen) atoms. The Balaban J connectivity index is 2.05. The second kappa shape index (κ2) is 6.37. The van der Waals surface area contributed by atoms with E-state index in [2.05, 4.69) is 10.2 Å². The van der Waals surface area contributed by atoms with Crippen molar-refractivity contribution in [2.45, 2.75) is 23.4 Å². The van der Waals surface area contributed by atoms with Crippen LogP contribution in [-0.2, 0) is 0 Å². The van der Waals surface area contributed by atoms with Crippen LogP contribution in [0, 0.1) is 6.92 Å². The summed E-state index contributed by atoms with van der Waals surface area (Å²) in [5, 5.41) is 8.86. The van der Waals surface area contributed by atoms with E-state index in [0.29, 0.717) is 0 Å². The van der Waals surface area contributed by atoms with Crippen LogP contribution in [0.3, 0.4) is 0 Å². The molecule has 1 aromatic carbocycles. The minimum absolute atomic E-state index is 0.122. The van der Waals surface area contributed by atoms with Gasteiger partial charge in [0.2, 0.25) is 5.13 Å². The average Bonchev–Trinajstić information content (AvgIpc) is 2.87. The van der Waals surface area contributed by atoms with Gasteiger partial charge in [-0.25, -0.2) is 0 Å². The molecule has 0 aliphatic rings. The van der Waals surface area contributed by atoms with Gasteiger partial charge in [-0.05, 0) is 13.8 Å². The fourth-order valence-electron chi connectivity index (χ4n) is 1.59. The monoisotopic (exact) mass is 307 g/mol. The molecule has 1 atom stereocenters. The average molecular weight is 307 g/mol. The number of benzene rings is 1. The smallest absolute Gasteiger partial charge is 0.208 e. The number of ketones is 1. The summed E-state index contributed by atoms with van der Waals surface area (Å²) in [6, 6.07) is 7.67. The summed E-state index contributed by atoms with van der Waals surface area (Å²) in [6.07, 6.45) is 0. The normalized spacial score (nSPS) is 12.2. The molecule has 6 heteroatoms. The van der Waals surface area contributed by atoms with Crippen LogP contribution in [0.5, 0.6) is 0 Å². The van der Waals surface area contributed by atoms with Gasteiger partial charge in [0.1, 0.15) is 0 Å². The maximum Gasteiger partial charge on any atom is 0.208 e. The van der Waals surface area contributed by atoms with Crippen molar-refractivity contribution in [3.05, 3.63) is 35.4 Å². The van der Waals surface area contributed by atoms with Crippen LogP contribution < -0.4 is 4.90 Å². The molecule has 0 radical (unpaired) electrons. The van der Waals surface area contributed by atoms with Gasteiger partial charge in [-0.3, -0.25) is 4.79 Å². The number of carbonyl (C=O) groups excluding carboxylic acids is 1. The summed E-state index contributed by atoms with van der Waals surface area (Å²) in [5.74, 6) is 0.122. The molecule has 4 nitrogen and oxygen atoms in total. The van der Waals surface area contributed by atoms with E-state index in [4.69, 9.17) is 0 Å². The number of hydrogen-bond donors (Lipinski definition) is 0. The number of aromatic nitrogens is 2. The van der Waals surface area contributed by atoms with Gasteiger partial charge in [0.15, 0.2) is 10.1 Å². The van der Waals surface area contributed by atoms with E-state index in [-0.39, 0.29) is 11.0 Å². The minimum Gasteiger partial charge on any atom is -0.353 e. The van der Waals surface area contributed by atoms with E-state index >= 15 is 0 Å². The highest BCUT2D eigenvalue weighted by Gasteiger charge is 2.18. The van der Waals surface area contributed by atoms with Gasteiger partial charge in [0, 0.05) is 19.7 Å². The lowest BCUT2D eigenvalue weighted by Crippen LogP contribution is -2.13. The Hall–Kier alpha value is -1.40. The summed E-state index contributed by atoms with van der Waals surface area (Å²) < 4.78 is 0.821. The Labute approximate surface area is 127 Å². The SMILES string of the molecule is Cc1ccc(C(=O)C(C)Sc2nnc(N(C)C)s2)cc1. The molecule has 0 N–H and O–H groups in total. The Bertz CT molecular complexity index is 593. The second-order valence-electron chi connectivity index (χ2n) is 4.74. The third kappa shape index (κ3) is 3.58. The van der Waals surface area contributed by atoms with Gasteiger partial charge in [-0.1, -0.05) is 52.9 Å². The summed E-state index contributed by atoms with van der Waals surface area (Å²) in [5.41, 5.74) is 1.90. The number of thioether (sulfide) groups is 1. The van der Waals surface area contributed by atoms with Crippen molar-refractivity contribution < 1.29 is 4.79 Å². The van der Waals surface area contributed by atoms with Crippen molar-refractivity contribution in [1.29, 1.82) is 0 Å². The quantitative estimate of drug-likeness (QED) is 0.626. The number of hydrogen-bond acceptors (Lipinski definition) is 6. The van der Waals surface area contributed by atoms with Gasteiger partial charge in [0.25, 0.3) is 0 Å². The van der Waals surface area contributed by atoms with Crippen molar-refractivity contribution >= 4 is 34.0 Å². The Morgan fingerprint density at radius 1 is 1.25 bits per heavy atom. The minimum atomic E-state index is -0.166. The predicted octanol–water partition coefficient (Wildman–Crippen LogP) is 3.28. The molecular weight excluding hydrogens is 290 g/mol. The molecule has 106 valence electrons. The summed E-state index contributed by atoms with van der Waals surface area (Å²) in [7, 11) is 3.85. The van der Waals surface area contributed by atoms with Crippen molar-refractivity contribution in [2.75, 3.05) is 19.0 Å². The molecule has 1 heterocycles. The van der Waals surface area contributed by atoms with E-state index < -0.39 is 0 Å². The van der Waals surface area contributed by atoms with Gasteiger partial charge in [-0.15, -0.1) is 10.2 Å². The highest BCUT2D eigenvalue weighted by Crippen LogP contribution is 2.31. The van der Waals surface area contributed by atoms with Gasteiger partial charge in [-0.2, -0.15) is 0 Å². The van der Waals surface area contributed by atoms with E-state index in [9.17, 15) is 4.79 Å². The highest BCUT2D eigenvalue weighted by molar-refractivity contribution is 8.02. The summed E-state index contributed by atoms with van der Waals surface area (Å²) in [4.78, 5) is 14.2. The standard InChI is InChI=1S/C14H17N3OS2/c1-9-5-7-11(8-6-9)12(18)10(2)19-14-16-15-13(20-14)17(3)4/h5-8,10H,1-4H3. The molecule has 0 aliphatic heterocycles. The van der Waals surface area contributed by atoms with Crippen LogP contribution in [-0.4, -0.2) is 35.3 Å². The highest BCUT2D eigenvalue weighted by atomic mass is 32.2. The number of carbonyl (C=O) groups is 1. The topological polar surface area (TPSA) is 46.1 Å². The number of Topliss-reactive ketones (excluding diaryl/α,β-unsaturated/α-hetero) is 1. The molecule has 0 amide bonds. The first kappa shape index (κ1) is 15.0. The van der Waals surface area contributed by atoms with Gasteiger partial charge < -0.3 is 4.90 Å². The third-order valence-electron chi connectivity index (χ3n) is 2.76. The van der Waals surface area contributed by atoms with Gasteiger partial charge >= 0.3 is 0 Å². The first-order chi connectivity index (χ1) is 9.47. The van der Waals surface area contributed by atoms with Crippen LogP contribution in [0.25, 0.3) is 0 Å². The zero-order valence-electron chi connectivity index (χ0n) is 12.0. The number of aryl methyl sites for hydroxylation is 1. The molecule has 2 rings (SSSR count). The van der Waals surface area contributed by atoms with Crippen LogP contribution in [0.4, 0.5) is 5.13 Å². The van der Waals surface area contributed by atoms with Crippen molar-refractivity contribution in [2.24, 2.45) is 0 Å². The Morgan fingerprint density at radius 2 is 1.90 bits per heavy atom. The van der Waals surface area contributed by atoms with E-state index in [1.807, 2.05) is 57.1 Å². The number of nitrogens with zero attached hydrogens (tertiary/aromatic N) is 3. The number of anilines is 1. The third-order valence-corrected chi connectivity index (χ3v) is 5.04. The fourth-order valence-corrected chi connectivity index (χ4v) is 3.57. The zero-order valence-corrected chi connectivity index (χ0v) is 13.6. The second-order valence-corrected chi connectivity index (χ2v) is 7.28. The molecule has 0 saturated carbocycles. The Morgan fingerprint density at radius 3 is 2.45 bits per heavy atom.